The van der Waals surface area contributed by atoms with E-state index in [9.17, 15) is 4.39 Å². The minimum Gasteiger partial charge on any atom is -0.365 e. The van der Waals surface area contributed by atoms with Crippen LogP contribution in [0.5, 0.6) is 0 Å². The topological polar surface area (TPSA) is 9.23 Å². The van der Waals surface area contributed by atoms with E-state index in [1.54, 1.807) is 6.07 Å². The molecule has 0 saturated heterocycles. The molecule has 0 N–H and O–H groups in total. The van der Waals surface area contributed by atoms with Crippen molar-refractivity contribution in [2.24, 2.45) is 5.41 Å². The summed E-state index contributed by atoms with van der Waals surface area (Å²) in [6.07, 6.45) is 0. The average Bonchev–Trinajstić information content (AvgIpc) is 2.43. The van der Waals surface area contributed by atoms with Crippen LogP contribution in [0.15, 0.2) is 18.2 Å². The Bertz CT molecular complexity index is 392. The number of hydrogen-bond acceptors (Lipinski definition) is 1. The molecule has 0 amide bonds. The van der Waals surface area contributed by atoms with Crippen molar-refractivity contribution in [1.29, 1.82) is 0 Å². The highest BCUT2D eigenvalue weighted by Crippen LogP contribution is 2.48. The maximum atomic E-state index is 13.1. The molecule has 2 rings (SSSR count). The molecule has 1 atom stereocenters. The maximum Gasteiger partial charge on any atom is 0.123 e. The molecule has 1 heterocycles. The monoisotopic (exact) mass is 208 g/mol. The summed E-state index contributed by atoms with van der Waals surface area (Å²) >= 11 is 0. The van der Waals surface area contributed by atoms with Crippen molar-refractivity contribution in [3.63, 3.8) is 0 Å². The van der Waals surface area contributed by atoms with Crippen molar-refractivity contribution in [2.75, 3.05) is 0 Å². The van der Waals surface area contributed by atoms with Gasteiger partial charge in [0.1, 0.15) is 5.82 Å². The van der Waals surface area contributed by atoms with Crippen LogP contribution in [0.3, 0.4) is 0 Å². The first-order chi connectivity index (χ1) is 6.84. The van der Waals surface area contributed by atoms with Gasteiger partial charge in [0.2, 0.25) is 0 Å². The fourth-order valence-electron chi connectivity index (χ4n) is 2.07. The zero-order valence-electron chi connectivity index (χ0n) is 9.73. The Morgan fingerprint density at radius 2 is 2.00 bits per heavy atom. The molecular formula is C13H17FO. The van der Waals surface area contributed by atoms with Crippen LogP contribution in [-0.4, -0.2) is 0 Å². The van der Waals surface area contributed by atoms with Gasteiger partial charge in [0.25, 0.3) is 0 Å². The molecule has 0 radical (unpaired) electrons. The Kier molecular flexibility index (Phi) is 2.16. The van der Waals surface area contributed by atoms with Gasteiger partial charge in [-0.25, -0.2) is 4.39 Å². The number of hydrogen-bond donors (Lipinski definition) is 0. The molecule has 0 saturated carbocycles. The highest BCUT2D eigenvalue weighted by Gasteiger charge is 2.45. The second-order valence-electron chi connectivity index (χ2n) is 5.37. The summed E-state index contributed by atoms with van der Waals surface area (Å²) < 4.78 is 18.9. The lowest BCUT2D eigenvalue weighted by atomic mass is 9.73. The summed E-state index contributed by atoms with van der Waals surface area (Å²) in [4.78, 5) is 0. The first-order valence-corrected chi connectivity index (χ1v) is 5.27. The Labute approximate surface area is 90.3 Å². The highest BCUT2D eigenvalue weighted by molar-refractivity contribution is 5.36. The molecule has 15 heavy (non-hydrogen) atoms. The van der Waals surface area contributed by atoms with E-state index in [0.29, 0.717) is 6.61 Å². The first kappa shape index (κ1) is 10.6. The third kappa shape index (κ3) is 1.48. The molecule has 0 aliphatic carbocycles. The SMILES string of the molecule is CC(C)(C)C1(C)OCc2cc(F)ccc21. The lowest BCUT2D eigenvalue weighted by molar-refractivity contribution is -0.0992. The smallest absolute Gasteiger partial charge is 0.123 e. The van der Waals surface area contributed by atoms with Crippen molar-refractivity contribution >= 4 is 0 Å². The van der Waals surface area contributed by atoms with Crippen LogP contribution < -0.4 is 0 Å². The quantitative estimate of drug-likeness (QED) is 0.632. The van der Waals surface area contributed by atoms with E-state index in [0.717, 1.165) is 11.1 Å². The van der Waals surface area contributed by atoms with Crippen LogP contribution in [0, 0.1) is 11.2 Å². The molecule has 1 aliphatic heterocycles. The standard InChI is InChI=1S/C13H17FO/c1-12(2,3)13(4)11-6-5-10(14)7-9(11)8-15-13/h5-7H,8H2,1-4H3. The molecule has 1 aromatic carbocycles. The van der Waals surface area contributed by atoms with Gasteiger partial charge in [0.05, 0.1) is 12.2 Å². The van der Waals surface area contributed by atoms with Gasteiger partial charge >= 0.3 is 0 Å². The second-order valence-corrected chi connectivity index (χ2v) is 5.37. The van der Waals surface area contributed by atoms with Gasteiger partial charge < -0.3 is 4.74 Å². The summed E-state index contributed by atoms with van der Waals surface area (Å²) in [6, 6.07) is 4.94. The van der Waals surface area contributed by atoms with Crippen molar-refractivity contribution in [1.82, 2.24) is 0 Å². The molecule has 0 aromatic heterocycles. The predicted octanol–water partition coefficient (Wildman–Crippen LogP) is 3.62. The van der Waals surface area contributed by atoms with Gasteiger partial charge in [-0.3, -0.25) is 0 Å². The minimum atomic E-state index is -0.309. The number of benzene rings is 1. The molecule has 82 valence electrons. The average molecular weight is 208 g/mol. The third-order valence-corrected chi connectivity index (χ3v) is 3.53. The Morgan fingerprint density at radius 1 is 1.33 bits per heavy atom. The zero-order valence-corrected chi connectivity index (χ0v) is 9.73. The van der Waals surface area contributed by atoms with Crippen molar-refractivity contribution in [3.8, 4) is 0 Å². The van der Waals surface area contributed by atoms with Crippen LogP contribution in [0.25, 0.3) is 0 Å². The summed E-state index contributed by atoms with van der Waals surface area (Å²) in [5, 5.41) is 0. The summed E-state index contributed by atoms with van der Waals surface area (Å²) in [6.45, 7) is 9.03. The van der Waals surface area contributed by atoms with Gasteiger partial charge in [-0.2, -0.15) is 0 Å². The number of halogens is 1. The highest BCUT2D eigenvalue weighted by atomic mass is 19.1. The zero-order chi connectivity index (χ0) is 11.3. The first-order valence-electron chi connectivity index (χ1n) is 5.27. The molecule has 2 heteroatoms. The second kappa shape index (κ2) is 3.05. The molecular weight excluding hydrogens is 191 g/mol. The molecule has 1 aliphatic rings. The van der Waals surface area contributed by atoms with Gasteiger partial charge in [0.15, 0.2) is 0 Å². The van der Waals surface area contributed by atoms with E-state index in [1.165, 1.54) is 6.07 Å². The van der Waals surface area contributed by atoms with Crippen LogP contribution in [0.4, 0.5) is 4.39 Å². The van der Waals surface area contributed by atoms with Crippen molar-refractivity contribution in [2.45, 2.75) is 39.9 Å². The number of fused-ring (bicyclic) bond motifs is 1. The molecule has 1 aromatic rings. The predicted molar refractivity (Wildman–Crippen MR) is 58.0 cm³/mol. The van der Waals surface area contributed by atoms with E-state index in [-0.39, 0.29) is 16.8 Å². The summed E-state index contributed by atoms with van der Waals surface area (Å²) in [5.41, 5.74) is 1.80. The number of rotatable bonds is 0. The summed E-state index contributed by atoms with van der Waals surface area (Å²) in [5.74, 6) is -0.185. The number of ether oxygens (including phenoxy) is 1. The van der Waals surface area contributed by atoms with E-state index in [4.69, 9.17) is 4.74 Å². The van der Waals surface area contributed by atoms with E-state index in [1.807, 2.05) is 6.07 Å². The molecule has 0 fully saturated rings. The van der Waals surface area contributed by atoms with Crippen LogP contribution in [0.2, 0.25) is 0 Å². The van der Waals surface area contributed by atoms with Crippen LogP contribution >= 0.6 is 0 Å². The molecule has 1 nitrogen and oxygen atoms in total. The normalized spacial score (nSPS) is 25.4. The van der Waals surface area contributed by atoms with Gasteiger partial charge in [-0.1, -0.05) is 26.8 Å². The lowest BCUT2D eigenvalue weighted by Crippen LogP contribution is -2.36. The van der Waals surface area contributed by atoms with E-state index in [2.05, 4.69) is 27.7 Å². The van der Waals surface area contributed by atoms with Crippen LogP contribution in [-0.2, 0) is 16.9 Å². The Balaban J connectivity index is 2.53. The van der Waals surface area contributed by atoms with Gasteiger partial charge in [-0.05, 0) is 35.6 Å². The Hall–Kier alpha value is -0.890. The van der Waals surface area contributed by atoms with Crippen LogP contribution in [0.1, 0.15) is 38.8 Å². The van der Waals surface area contributed by atoms with E-state index < -0.39 is 0 Å². The van der Waals surface area contributed by atoms with Crippen molar-refractivity contribution in [3.05, 3.63) is 35.1 Å². The van der Waals surface area contributed by atoms with E-state index >= 15 is 0 Å². The third-order valence-electron chi connectivity index (χ3n) is 3.53. The molecule has 0 spiro atoms. The van der Waals surface area contributed by atoms with Gasteiger partial charge in [0, 0.05) is 0 Å². The maximum absolute atomic E-state index is 13.1. The fraction of sp³-hybridized carbons (Fsp3) is 0.538. The minimum absolute atomic E-state index is 0.01000. The molecule has 0 bridgehead atoms. The Morgan fingerprint density at radius 3 is 2.60 bits per heavy atom. The van der Waals surface area contributed by atoms with Gasteiger partial charge in [-0.15, -0.1) is 0 Å². The summed E-state index contributed by atoms with van der Waals surface area (Å²) in [7, 11) is 0. The van der Waals surface area contributed by atoms with Crippen molar-refractivity contribution < 1.29 is 9.13 Å². The largest absolute Gasteiger partial charge is 0.365 e. The fourth-order valence-corrected chi connectivity index (χ4v) is 2.07. The lowest BCUT2D eigenvalue weighted by Gasteiger charge is -2.38. The molecule has 1 unspecified atom stereocenters.